The Morgan fingerprint density at radius 2 is 1.68 bits per heavy atom. The van der Waals surface area contributed by atoms with E-state index in [0.29, 0.717) is 43.1 Å². The van der Waals surface area contributed by atoms with Gasteiger partial charge in [-0.25, -0.2) is 17.1 Å². The predicted octanol–water partition coefficient (Wildman–Crippen LogP) is 4.04. The Labute approximate surface area is 201 Å². The zero-order valence-electron chi connectivity index (χ0n) is 19.9. The predicted molar refractivity (Wildman–Crippen MR) is 129 cm³/mol. The molecule has 0 radical (unpaired) electrons. The van der Waals surface area contributed by atoms with Gasteiger partial charge in [0.15, 0.2) is 11.5 Å². The van der Waals surface area contributed by atoms with E-state index in [2.05, 4.69) is 5.32 Å². The van der Waals surface area contributed by atoms with E-state index in [1.165, 1.54) is 28.6 Å². The number of benzene rings is 2. The summed E-state index contributed by atoms with van der Waals surface area (Å²) in [7, 11) is -3.53. The molecule has 0 aliphatic carbocycles. The van der Waals surface area contributed by atoms with Gasteiger partial charge < -0.3 is 14.8 Å². The van der Waals surface area contributed by atoms with Crippen molar-refractivity contribution in [3.05, 3.63) is 59.4 Å². The number of amides is 1. The second-order valence-corrected chi connectivity index (χ2v) is 10.3. The van der Waals surface area contributed by atoms with Gasteiger partial charge in [-0.1, -0.05) is 18.2 Å². The number of carbonyl (C=O) groups is 1. The number of carbonyl (C=O) groups excluding carboxylic acids is 1. The molecule has 1 aliphatic rings. The number of nitrogens with one attached hydrogen (secondary N) is 1. The molecule has 186 valence electrons. The molecule has 7 nitrogen and oxygen atoms in total. The van der Waals surface area contributed by atoms with Crippen LogP contribution in [0.15, 0.2) is 42.5 Å². The van der Waals surface area contributed by atoms with Crippen molar-refractivity contribution in [2.24, 2.45) is 5.92 Å². The Morgan fingerprint density at radius 3 is 2.29 bits per heavy atom. The summed E-state index contributed by atoms with van der Waals surface area (Å²) < 4.78 is 51.3. The molecule has 0 unspecified atom stereocenters. The molecule has 1 aliphatic heterocycles. The van der Waals surface area contributed by atoms with Crippen molar-refractivity contribution in [3.63, 3.8) is 0 Å². The van der Waals surface area contributed by atoms with Crippen LogP contribution in [0.4, 0.5) is 4.39 Å². The number of sulfonamides is 1. The van der Waals surface area contributed by atoms with Crippen LogP contribution in [0.5, 0.6) is 11.5 Å². The molecule has 0 saturated carbocycles. The molecule has 0 bridgehead atoms. The van der Waals surface area contributed by atoms with Crippen LogP contribution in [-0.4, -0.2) is 44.9 Å². The van der Waals surface area contributed by atoms with Gasteiger partial charge in [-0.2, -0.15) is 0 Å². The highest BCUT2D eigenvalue weighted by atomic mass is 32.2. The lowest BCUT2D eigenvalue weighted by Crippen LogP contribution is -2.43. The fourth-order valence-corrected chi connectivity index (χ4v) is 5.59. The second kappa shape index (κ2) is 11.7. The van der Waals surface area contributed by atoms with Crippen LogP contribution >= 0.6 is 0 Å². The summed E-state index contributed by atoms with van der Waals surface area (Å²) in [4.78, 5) is 12.9. The molecule has 1 amide bonds. The fraction of sp³-hybridized carbons (Fsp3) is 0.480. The first-order chi connectivity index (χ1) is 16.2. The van der Waals surface area contributed by atoms with Gasteiger partial charge in [0.05, 0.1) is 25.0 Å². The topological polar surface area (TPSA) is 84.9 Å². The zero-order chi connectivity index (χ0) is 24.7. The van der Waals surface area contributed by atoms with Crippen molar-refractivity contribution in [2.75, 3.05) is 26.3 Å². The van der Waals surface area contributed by atoms with E-state index in [-0.39, 0.29) is 36.7 Å². The van der Waals surface area contributed by atoms with Crippen molar-refractivity contribution in [1.82, 2.24) is 9.62 Å². The van der Waals surface area contributed by atoms with E-state index < -0.39 is 15.8 Å². The quantitative estimate of drug-likeness (QED) is 0.541. The molecule has 1 heterocycles. The van der Waals surface area contributed by atoms with Gasteiger partial charge in [0.25, 0.3) is 0 Å². The number of rotatable bonds is 10. The van der Waals surface area contributed by atoms with Crippen molar-refractivity contribution >= 4 is 15.9 Å². The highest BCUT2D eigenvalue weighted by Gasteiger charge is 2.31. The third-order valence-electron chi connectivity index (χ3n) is 5.91. The smallest absolute Gasteiger partial charge is 0.223 e. The second-order valence-electron chi connectivity index (χ2n) is 8.36. The van der Waals surface area contributed by atoms with Crippen molar-refractivity contribution < 1.29 is 27.1 Å². The highest BCUT2D eigenvalue weighted by Crippen LogP contribution is 2.31. The molecule has 0 spiro atoms. The maximum absolute atomic E-state index is 13.1. The molecular formula is C25H33FN2O5S. The average molecular weight is 493 g/mol. The van der Waals surface area contributed by atoms with Gasteiger partial charge >= 0.3 is 0 Å². The van der Waals surface area contributed by atoms with Crippen molar-refractivity contribution in [2.45, 2.75) is 45.4 Å². The Morgan fingerprint density at radius 1 is 1.06 bits per heavy atom. The van der Waals surface area contributed by atoms with Crippen LogP contribution in [0.25, 0.3) is 0 Å². The highest BCUT2D eigenvalue weighted by molar-refractivity contribution is 7.88. The lowest BCUT2D eigenvalue weighted by Gasteiger charge is -2.31. The first kappa shape index (κ1) is 26.0. The summed E-state index contributed by atoms with van der Waals surface area (Å²) in [5.74, 6) is 0.384. The van der Waals surface area contributed by atoms with Gasteiger partial charge in [0.2, 0.25) is 15.9 Å². The number of piperidine rings is 1. The van der Waals surface area contributed by atoms with Gasteiger partial charge in [-0.15, -0.1) is 0 Å². The minimum absolute atomic E-state index is 0.0880. The third-order valence-corrected chi connectivity index (χ3v) is 7.76. The van der Waals surface area contributed by atoms with E-state index >= 15 is 0 Å². The third kappa shape index (κ3) is 6.70. The number of ether oxygens (including phenoxy) is 2. The minimum Gasteiger partial charge on any atom is -0.490 e. The molecule has 1 atom stereocenters. The number of hydrogen-bond acceptors (Lipinski definition) is 5. The molecular weight excluding hydrogens is 459 g/mol. The zero-order valence-corrected chi connectivity index (χ0v) is 20.7. The number of halogens is 1. The van der Waals surface area contributed by atoms with Crippen LogP contribution in [0.3, 0.4) is 0 Å². The van der Waals surface area contributed by atoms with Crippen LogP contribution in [0, 0.1) is 11.7 Å². The summed E-state index contributed by atoms with van der Waals surface area (Å²) in [6, 6.07) is 10.9. The SMILES string of the molecule is CCOc1ccc([C@H](C)NC(=O)C2CCN(S(=O)(=O)Cc3ccc(F)cc3)CC2)cc1OCC. The monoisotopic (exact) mass is 492 g/mol. The average Bonchev–Trinajstić information content (AvgIpc) is 2.82. The van der Waals surface area contributed by atoms with Crippen LogP contribution in [0.1, 0.15) is 50.8 Å². The molecule has 2 aromatic rings. The molecule has 2 aromatic carbocycles. The molecule has 1 fully saturated rings. The molecule has 3 rings (SSSR count). The standard InChI is InChI=1S/C25H33FN2O5S/c1-4-32-23-11-8-21(16-24(23)33-5-2)18(3)27-25(29)20-12-14-28(15-13-20)34(30,31)17-19-6-9-22(26)10-7-19/h6-11,16,18,20H,4-5,12-15,17H2,1-3H3,(H,27,29)/t18-/m0/s1. The van der Waals surface area contributed by atoms with Gasteiger partial charge in [0.1, 0.15) is 5.82 Å². The minimum atomic E-state index is -3.53. The summed E-state index contributed by atoms with van der Waals surface area (Å²) in [5, 5.41) is 3.05. The maximum atomic E-state index is 13.1. The lowest BCUT2D eigenvalue weighted by atomic mass is 9.96. The van der Waals surface area contributed by atoms with E-state index in [9.17, 15) is 17.6 Å². The Kier molecular flexibility index (Phi) is 8.90. The first-order valence-corrected chi connectivity index (χ1v) is 13.3. The molecule has 1 saturated heterocycles. The van der Waals surface area contributed by atoms with Gasteiger partial charge in [-0.05, 0) is 69.0 Å². The first-order valence-electron chi connectivity index (χ1n) is 11.7. The number of nitrogens with zero attached hydrogens (tertiary/aromatic N) is 1. The van der Waals surface area contributed by atoms with Crippen LogP contribution in [0.2, 0.25) is 0 Å². The van der Waals surface area contributed by atoms with Gasteiger partial charge in [-0.3, -0.25) is 4.79 Å². The molecule has 34 heavy (non-hydrogen) atoms. The largest absolute Gasteiger partial charge is 0.490 e. The van der Waals surface area contributed by atoms with E-state index in [4.69, 9.17) is 9.47 Å². The molecule has 0 aromatic heterocycles. The summed E-state index contributed by atoms with van der Waals surface area (Å²) in [6.45, 7) is 7.33. The maximum Gasteiger partial charge on any atom is 0.223 e. The summed E-state index contributed by atoms with van der Waals surface area (Å²) in [6.07, 6.45) is 0.906. The summed E-state index contributed by atoms with van der Waals surface area (Å²) >= 11 is 0. The Bertz CT molecular complexity index is 1070. The number of hydrogen-bond donors (Lipinski definition) is 1. The normalized spacial score (nSPS) is 16.1. The molecule has 1 N–H and O–H groups in total. The van der Waals surface area contributed by atoms with Crippen molar-refractivity contribution in [1.29, 1.82) is 0 Å². The van der Waals surface area contributed by atoms with E-state index in [1.807, 2.05) is 39.0 Å². The van der Waals surface area contributed by atoms with E-state index in [0.717, 1.165) is 5.56 Å². The Hall–Kier alpha value is -2.65. The van der Waals surface area contributed by atoms with Crippen molar-refractivity contribution in [3.8, 4) is 11.5 Å². The summed E-state index contributed by atoms with van der Waals surface area (Å²) in [5.41, 5.74) is 1.44. The van der Waals surface area contributed by atoms with Crippen LogP contribution in [-0.2, 0) is 20.6 Å². The van der Waals surface area contributed by atoms with Gasteiger partial charge in [0, 0.05) is 19.0 Å². The Balaban J connectivity index is 1.56. The van der Waals surface area contributed by atoms with Crippen LogP contribution < -0.4 is 14.8 Å². The van der Waals surface area contributed by atoms with E-state index in [1.54, 1.807) is 0 Å². The lowest BCUT2D eigenvalue weighted by molar-refractivity contribution is -0.126. The fourth-order valence-electron chi connectivity index (χ4n) is 4.03. The molecule has 9 heteroatoms.